The van der Waals surface area contributed by atoms with Crippen LogP contribution in [0.3, 0.4) is 0 Å². The lowest BCUT2D eigenvalue weighted by atomic mass is 10.5. The Morgan fingerprint density at radius 1 is 1.75 bits per heavy atom. The van der Waals surface area contributed by atoms with E-state index in [0.29, 0.717) is 4.34 Å². The molecule has 0 spiro atoms. The Morgan fingerprint density at radius 3 is 2.83 bits per heavy atom. The number of esters is 1. The van der Waals surface area contributed by atoms with Crippen molar-refractivity contribution >= 4 is 40.7 Å². The molecular weight excluding hydrogens is 218 g/mol. The standard InChI is InChI=1S/C6H6ClNO2S2/c1-10-5(9)3-4(7)12-6(8-3)11-2/h1-2H3. The van der Waals surface area contributed by atoms with E-state index in [4.69, 9.17) is 11.6 Å². The van der Waals surface area contributed by atoms with Gasteiger partial charge in [0.15, 0.2) is 10.0 Å². The predicted molar refractivity (Wildman–Crippen MR) is 50.2 cm³/mol. The number of ether oxygens (including phenoxy) is 1. The van der Waals surface area contributed by atoms with Crippen LogP contribution in [0.25, 0.3) is 0 Å². The summed E-state index contributed by atoms with van der Waals surface area (Å²) in [5.41, 5.74) is 0.202. The molecule has 0 aliphatic heterocycles. The summed E-state index contributed by atoms with van der Waals surface area (Å²) < 4.78 is 5.63. The number of methoxy groups -OCH3 is 1. The topological polar surface area (TPSA) is 39.2 Å². The fourth-order valence-corrected chi connectivity index (χ4v) is 2.35. The average molecular weight is 224 g/mol. The van der Waals surface area contributed by atoms with Crippen LogP contribution >= 0.6 is 34.7 Å². The van der Waals surface area contributed by atoms with Gasteiger partial charge < -0.3 is 4.74 Å². The Balaban J connectivity index is 2.99. The van der Waals surface area contributed by atoms with Crippen molar-refractivity contribution < 1.29 is 9.53 Å². The van der Waals surface area contributed by atoms with Gasteiger partial charge in [0.25, 0.3) is 0 Å². The Kier molecular flexibility index (Phi) is 3.37. The van der Waals surface area contributed by atoms with E-state index in [9.17, 15) is 4.79 Å². The summed E-state index contributed by atoms with van der Waals surface area (Å²) in [6, 6.07) is 0. The van der Waals surface area contributed by atoms with Crippen LogP contribution in [0.1, 0.15) is 10.5 Å². The van der Waals surface area contributed by atoms with Crippen molar-refractivity contribution in [1.82, 2.24) is 4.98 Å². The summed E-state index contributed by atoms with van der Waals surface area (Å²) in [6.45, 7) is 0. The fraction of sp³-hybridized carbons (Fsp3) is 0.333. The first kappa shape index (κ1) is 9.83. The van der Waals surface area contributed by atoms with Crippen molar-refractivity contribution in [1.29, 1.82) is 0 Å². The summed E-state index contributed by atoms with van der Waals surface area (Å²) in [6.07, 6.45) is 1.87. The molecule has 1 heterocycles. The number of aromatic nitrogens is 1. The van der Waals surface area contributed by atoms with Crippen LogP contribution in [0.15, 0.2) is 4.34 Å². The summed E-state index contributed by atoms with van der Waals surface area (Å²) >= 11 is 8.46. The SMILES string of the molecule is COC(=O)c1nc(SC)sc1Cl. The molecule has 0 atom stereocenters. The average Bonchev–Trinajstić information content (AvgIpc) is 2.45. The zero-order valence-corrected chi connectivity index (χ0v) is 8.85. The maximum atomic E-state index is 11.0. The molecule has 1 aromatic rings. The molecule has 0 aliphatic carbocycles. The Labute approximate surface area is 83.1 Å². The minimum atomic E-state index is -0.489. The highest BCUT2D eigenvalue weighted by atomic mass is 35.5. The van der Waals surface area contributed by atoms with E-state index in [-0.39, 0.29) is 5.69 Å². The summed E-state index contributed by atoms with van der Waals surface area (Å²) in [7, 11) is 1.30. The maximum Gasteiger partial charge on any atom is 0.359 e. The number of hydrogen-bond acceptors (Lipinski definition) is 5. The lowest BCUT2D eigenvalue weighted by molar-refractivity contribution is 0.0594. The molecule has 0 saturated carbocycles. The van der Waals surface area contributed by atoms with E-state index in [2.05, 4.69) is 9.72 Å². The Hall–Kier alpha value is -0.260. The molecule has 0 fully saturated rings. The molecule has 0 saturated heterocycles. The van der Waals surface area contributed by atoms with Gasteiger partial charge in [-0.15, -0.1) is 0 Å². The van der Waals surface area contributed by atoms with Crippen molar-refractivity contribution in [3.63, 3.8) is 0 Å². The van der Waals surface area contributed by atoms with Crippen LogP contribution < -0.4 is 0 Å². The molecule has 0 radical (unpaired) electrons. The van der Waals surface area contributed by atoms with Crippen LogP contribution in [0, 0.1) is 0 Å². The predicted octanol–water partition coefficient (Wildman–Crippen LogP) is 2.31. The second kappa shape index (κ2) is 4.11. The number of carbonyl (C=O) groups excluding carboxylic acids is 1. The molecule has 3 nitrogen and oxygen atoms in total. The van der Waals surface area contributed by atoms with Crippen molar-refractivity contribution in [3.05, 3.63) is 10.0 Å². The van der Waals surface area contributed by atoms with Gasteiger partial charge in [0, 0.05) is 0 Å². The van der Waals surface area contributed by atoms with Gasteiger partial charge in [-0.2, -0.15) is 0 Å². The largest absolute Gasteiger partial charge is 0.464 e. The van der Waals surface area contributed by atoms with E-state index in [1.54, 1.807) is 0 Å². The Bertz CT molecular complexity index is 300. The fourth-order valence-electron chi connectivity index (χ4n) is 0.593. The van der Waals surface area contributed by atoms with Crippen molar-refractivity contribution in [3.8, 4) is 0 Å². The van der Waals surface area contributed by atoms with Gasteiger partial charge in [-0.05, 0) is 6.26 Å². The van der Waals surface area contributed by atoms with Crippen molar-refractivity contribution in [2.75, 3.05) is 13.4 Å². The number of rotatable bonds is 2. The maximum absolute atomic E-state index is 11.0. The molecular formula is C6H6ClNO2S2. The van der Waals surface area contributed by atoms with Crippen LogP contribution in [0.5, 0.6) is 0 Å². The third kappa shape index (κ3) is 1.91. The van der Waals surface area contributed by atoms with Gasteiger partial charge in [0.1, 0.15) is 4.34 Å². The van der Waals surface area contributed by atoms with Gasteiger partial charge >= 0.3 is 5.97 Å². The first-order chi connectivity index (χ1) is 5.69. The van der Waals surface area contributed by atoms with Gasteiger partial charge in [-0.3, -0.25) is 0 Å². The van der Waals surface area contributed by atoms with Gasteiger partial charge in [-0.1, -0.05) is 34.7 Å². The quantitative estimate of drug-likeness (QED) is 0.570. The van der Waals surface area contributed by atoms with Gasteiger partial charge in [0.2, 0.25) is 0 Å². The number of nitrogens with zero attached hydrogens (tertiary/aromatic N) is 1. The second-order valence-electron chi connectivity index (χ2n) is 1.80. The van der Waals surface area contributed by atoms with Crippen LogP contribution in [0.4, 0.5) is 0 Å². The Morgan fingerprint density at radius 2 is 2.42 bits per heavy atom. The lowest BCUT2D eigenvalue weighted by Crippen LogP contribution is -2.01. The van der Waals surface area contributed by atoms with E-state index in [1.165, 1.54) is 30.2 Å². The minimum Gasteiger partial charge on any atom is -0.464 e. The number of hydrogen-bond donors (Lipinski definition) is 0. The molecule has 12 heavy (non-hydrogen) atoms. The minimum absolute atomic E-state index is 0.202. The molecule has 1 aromatic heterocycles. The van der Waals surface area contributed by atoms with E-state index in [1.807, 2.05) is 6.26 Å². The van der Waals surface area contributed by atoms with E-state index >= 15 is 0 Å². The molecule has 1 rings (SSSR count). The van der Waals surface area contributed by atoms with E-state index < -0.39 is 5.97 Å². The highest BCUT2D eigenvalue weighted by Crippen LogP contribution is 2.29. The number of thiazole rings is 1. The van der Waals surface area contributed by atoms with Crippen LogP contribution in [-0.4, -0.2) is 24.3 Å². The number of halogens is 1. The molecule has 0 N–H and O–H groups in total. The third-order valence-corrected chi connectivity index (χ3v) is 3.36. The summed E-state index contributed by atoms with van der Waals surface area (Å²) in [5, 5.41) is 0. The third-order valence-electron chi connectivity index (χ3n) is 1.12. The van der Waals surface area contributed by atoms with Crippen molar-refractivity contribution in [2.24, 2.45) is 0 Å². The zero-order chi connectivity index (χ0) is 9.14. The summed E-state index contributed by atoms with van der Waals surface area (Å²) in [5.74, 6) is -0.489. The molecule has 0 amide bonds. The number of carbonyl (C=O) groups is 1. The normalized spacial score (nSPS) is 9.92. The molecule has 0 aliphatic rings. The molecule has 0 bridgehead atoms. The lowest BCUT2D eigenvalue weighted by Gasteiger charge is -1.92. The molecule has 0 unspecified atom stereocenters. The van der Waals surface area contributed by atoms with Gasteiger partial charge in [0.05, 0.1) is 7.11 Å². The first-order valence-electron chi connectivity index (χ1n) is 2.97. The molecule has 0 aromatic carbocycles. The van der Waals surface area contributed by atoms with Crippen LogP contribution in [0.2, 0.25) is 4.34 Å². The summed E-state index contributed by atoms with van der Waals surface area (Å²) in [4.78, 5) is 15.0. The van der Waals surface area contributed by atoms with E-state index in [0.717, 1.165) is 4.34 Å². The zero-order valence-electron chi connectivity index (χ0n) is 6.46. The smallest absolute Gasteiger partial charge is 0.359 e. The van der Waals surface area contributed by atoms with Crippen LogP contribution in [-0.2, 0) is 4.74 Å². The first-order valence-corrected chi connectivity index (χ1v) is 5.39. The monoisotopic (exact) mass is 223 g/mol. The highest BCUT2D eigenvalue weighted by molar-refractivity contribution is 8.00. The molecule has 66 valence electrons. The number of thioether (sulfide) groups is 1. The van der Waals surface area contributed by atoms with Crippen molar-refractivity contribution in [2.45, 2.75) is 4.34 Å². The molecule has 6 heteroatoms. The van der Waals surface area contributed by atoms with Gasteiger partial charge in [-0.25, -0.2) is 9.78 Å². The highest BCUT2D eigenvalue weighted by Gasteiger charge is 2.16. The second-order valence-corrected chi connectivity index (χ2v) is 4.45.